The standard InChI is InChI=1S/C19H25N3O4/c1-2-20-18(24)14-7-5-11-21(13-14)17(23)10-6-12-22-15-8-3-4-9-16(15)26-19(22)25/h3-4,8-9,14H,2,5-7,10-13H2,1H3,(H,20,24). The number of amides is 2. The first-order valence-electron chi connectivity index (χ1n) is 9.24. The number of carbonyl (C=O) groups is 2. The number of rotatable bonds is 6. The quantitative estimate of drug-likeness (QED) is 0.852. The van der Waals surface area contributed by atoms with E-state index in [0.29, 0.717) is 44.6 Å². The molecule has 0 saturated carbocycles. The van der Waals surface area contributed by atoms with Crippen LogP contribution in [0.4, 0.5) is 0 Å². The van der Waals surface area contributed by atoms with Gasteiger partial charge in [0.25, 0.3) is 0 Å². The Morgan fingerprint density at radius 2 is 2.12 bits per heavy atom. The van der Waals surface area contributed by atoms with Gasteiger partial charge in [-0.3, -0.25) is 14.2 Å². The summed E-state index contributed by atoms with van der Waals surface area (Å²) in [6.07, 6.45) is 2.59. The lowest BCUT2D eigenvalue weighted by molar-refractivity contribution is -0.135. The molecule has 2 heterocycles. The van der Waals surface area contributed by atoms with Gasteiger partial charge in [-0.05, 0) is 38.3 Å². The Hall–Kier alpha value is -2.57. The number of aromatic nitrogens is 1. The molecule has 0 aliphatic carbocycles. The van der Waals surface area contributed by atoms with Crippen molar-refractivity contribution >= 4 is 22.9 Å². The molecule has 1 aliphatic heterocycles. The molecule has 26 heavy (non-hydrogen) atoms. The molecule has 0 bridgehead atoms. The number of para-hydroxylation sites is 2. The second-order valence-corrected chi connectivity index (χ2v) is 6.66. The van der Waals surface area contributed by atoms with Crippen LogP contribution in [-0.4, -0.2) is 40.9 Å². The molecule has 1 fully saturated rings. The zero-order valence-corrected chi connectivity index (χ0v) is 15.1. The first-order chi connectivity index (χ1) is 12.6. The second-order valence-electron chi connectivity index (χ2n) is 6.66. The van der Waals surface area contributed by atoms with Crippen molar-refractivity contribution in [2.24, 2.45) is 5.92 Å². The molecule has 0 radical (unpaired) electrons. The van der Waals surface area contributed by atoms with Crippen molar-refractivity contribution in [3.63, 3.8) is 0 Å². The minimum Gasteiger partial charge on any atom is -0.408 e. The molecule has 140 valence electrons. The highest BCUT2D eigenvalue weighted by Crippen LogP contribution is 2.18. The maximum Gasteiger partial charge on any atom is 0.419 e. The molecule has 1 aromatic heterocycles. The van der Waals surface area contributed by atoms with Gasteiger partial charge in [0.05, 0.1) is 11.4 Å². The van der Waals surface area contributed by atoms with Gasteiger partial charge in [-0.25, -0.2) is 4.79 Å². The molecule has 1 atom stereocenters. The van der Waals surface area contributed by atoms with Gasteiger partial charge in [-0.2, -0.15) is 0 Å². The summed E-state index contributed by atoms with van der Waals surface area (Å²) in [5.74, 6) is -0.442. The Bertz CT molecular complexity index is 839. The van der Waals surface area contributed by atoms with Gasteiger partial charge in [0.15, 0.2) is 5.58 Å². The van der Waals surface area contributed by atoms with Gasteiger partial charge in [-0.1, -0.05) is 12.1 Å². The number of piperidine rings is 1. The number of nitrogens with one attached hydrogen (secondary N) is 1. The Kier molecular flexibility index (Phi) is 5.75. The van der Waals surface area contributed by atoms with Crippen LogP contribution in [0, 0.1) is 5.92 Å². The zero-order chi connectivity index (χ0) is 18.5. The molecular formula is C19H25N3O4. The summed E-state index contributed by atoms with van der Waals surface area (Å²) >= 11 is 0. The number of likely N-dealkylation sites (tertiary alicyclic amines) is 1. The van der Waals surface area contributed by atoms with E-state index >= 15 is 0 Å². The molecule has 2 amide bonds. The van der Waals surface area contributed by atoms with Gasteiger partial charge in [0.1, 0.15) is 0 Å². The van der Waals surface area contributed by atoms with Crippen molar-refractivity contribution in [2.75, 3.05) is 19.6 Å². The largest absolute Gasteiger partial charge is 0.419 e. The van der Waals surface area contributed by atoms with Crippen molar-refractivity contribution in [3.05, 3.63) is 34.8 Å². The Balaban J connectivity index is 1.54. The monoisotopic (exact) mass is 359 g/mol. The maximum atomic E-state index is 12.5. The molecule has 1 N–H and O–H groups in total. The predicted octanol–water partition coefficient (Wildman–Crippen LogP) is 1.75. The lowest BCUT2D eigenvalue weighted by atomic mass is 9.96. The van der Waals surface area contributed by atoms with Crippen LogP contribution < -0.4 is 11.1 Å². The molecule has 0 spiro atoms. The maximum absolute atomic E-state index is 12.5. The molecule has 3 rings (SSSR count). The van der Waals surface area contributed by atoms with E-state index in [1.807, 2.05) is 25.1 Å². The summed E-state index contributed by atoms with van der Waals surface area (Å²) in [5.41, 5.74) is 1.31. The van der Waals surface area contributed by atoms with Gasteiger partial charge in [-0.15, -0.1) is 0 Å². The number of benzene rings is 1. The second kappa shape index (κ2) is 8.21. The normalized spacial score (nSPS) is 17.4. The van der Waals surface area contributed by atoms with E-state index in [1.165, 1.54) is 0 Å². The van der Waals surface area contributed by atoms with Crippen LogP contribution in [-0.2, 0) is 16.1 Å². The minimum absolute atomic E-state index is 0.0291. The highest BCUT2D eigenvalue weighted by atomic mass is 16.4. The van der Waals surface area contributed by atoms with Gasteiger partial charge in [0, 0.05) is 32.6 Å². The molecule has 1 saturated heterocycles. The number of fused-ring (bicyclic) bond motifs is 1. The average molecular weight is 359 g/mol. The zero-order valence-electron chi connectivity index (χ0n) is 15.1. The third-order valence-electron chi connectivity index (χ3n) is 4.84. The number of nitrogens with zero attached hydrogens (tertiary/aromatic N) is 2. The Labute approximate surface area is 152 Å². The van der Waals surface area contributed by atoms with Crippen LogP contribution in [0.3, 0.4) is 0 Å². The summed E-state index contributed by atoms with van der Waals surface area (Å²) < 4.78 is 6.77. The highest BCUT2D eigenvalue weighted by molar-refractivity contribution is 5.81. The van der Waals surface area contributed by atoms with E-state index in [4.69, 9.17) is 4.42 Å². The average Bonchev–Trinajstić information content (AvgIpc) is 2.97. The van der Waals surface area contributed by atoms with Crippen LogP contribution in [0.2, 0.25) is 0 Å². The highest BCUT2D eigenvalue weighted by Gasteiger charge is 2.27. The van der Waals surface area contributed by atoms with Crippen LogP contribution >= 0.6 is 0 Å². The van der Waals surface area contributed by atoms with Gasteiger partial charge >= 0.3 is 5.76 Å². The molecular weight excluding hydrogens is 334 g/mol. The van der Waals surface area contributed by atoms with Gasteiger partial charge < -0.3 is 14.6 Å². The van der Waals surface area contributed by atoms with Crippen LogP contribution in [0.1, 0.15) is 32.6 Å². The van der Waals surface area contributed by atoms with E-state index in [9.17, 15) is 14.4 Å². The molecule has 1 aromatic carbocycles. The number of aryl methyl sites for hydroxylation is 1. The summed E-state index contributed by atoms with van der Waals surface area (Å²) in [7, 11) is 0. The van der Waals surface area contributed by atoms with Crippen molar-refractivity contribution < 1.29 is 14.0 Å². The molecule has 1 unspecified atom stereocenters. The number of hydrogen-bond donors (Lipinski definition) is 1. The molecule has 7 nitrogen and oxygen atoms in total. The third-order valence-corrected chi connectivity index (χ3v) is 4.84. The number of hydrogen-bond acceptors (Lipinski definition) is 4. The van der Waals surface area contributed by atoms with Crippen molar-refractivity contribution in [2.45, 2.75) is 39.2 Å². The van der Waals surface area contributed by atoms with E-state index < -0.39 is 5.76 Å². The molecule has 7 heteroatoms. The van der Waals surface area contributed by atoms with Crippen LogP contribution in [0.15, 0.2) is 33.5 Å². The molecule has 1 aliphatic rings. The molecule has 2 aromatic rings. The summed E-state index contributed by atoms with van der Waals surface area (Å²) in [6, 6.07) is 7.27. The lowest BCUT2D eigenvalue weighted by Gasteiger charge is -2.32. The third kappa shape index (κ3) is 3.98. The predicted molar refractivity (Wildman–Crippen MR) is 97.7 cm³/mol. The minimum atomic E-state index is -0.395. The topological polar surface area (TPSA) is 84.5 Å². The summed E-state index contributed by atoms with van der Waals surface area (Å²) in [4.78, 5) is 38.2. The fourth-order valence-corrected chi connectivity index (χ4v) is 3.51. The van der Waals surface area contributed by atoms with E-state index in [-0.39, 0.29) is 17.7 Å². The first kappa shape index (κ1) is 18.2. The van der Waals surface area contributed by atoms with Crippen molar-refractivity contribution in [1.82, 2.24) is 14.8 Å². The summed E-state index contributed by atoms with van der Waals surface area (Å²) in [6.45, 7) is 4.12. The van der Waals surface area contributed by atoms with Crippen LogP contribution in [0.5, 0.6) is 0 Å². The fourth-order valence-electron chi connectivity index (χ4n) is 3.51. The Morgan fingerprint density at radius 1 is 1.31 bits per heavy atom. The first-order valence-corrected chi connectivity index (χ1v) is 9.24. The van der Waals surface area contributed by atoms with E-state index in [1.54, 1.807) is 15.5 Å². The smallest absolute Gasteiger partial charge is 0.408 e. The number of carbonyl (C=O) groups excluding carboxylic acids is 2. The van der Waals surface area contributed by atoms with Gasteiger partial charge in [0.2, 0.25) is 11.8 Å². The van der Waals surface area contributed by atoms with E-state index in [0.717, 1.165) is 18.4 Å². The van der Waals surface area contributed by atoms with Crippen molar-refractivity contribution in [1.29, 1.82) is 0 Å². The lowest BCUT2D eigenvalue weighted by Crippen LogP contribution is -2.45. The number of oxazole rings is 1. The van der Waals surface area contributed by atoms with E-state index in [2.05, 4.69) is 5.32 Å². The SMILES string of the molecule is CCNC(=O)C1CCCN(C(=O)CCCn2c(=O)oc3ccccc32)C1. The van der Waals surface area contributed by atoms with Crippen molar-refractivity contribution in [3.8, 4) is 0 Å². The fraction of sp³-hybridized carbons (Fsp3) is 0.526. The Morgan fingerprint density at radius 3 is 2.92 bits per heavy atom. The van der Waals surface area contributed by atoms with Crippen LogP contribution in [0.25, 0.3) is 11.1 Å². The summed E-state index contributed by atoms with van der Waals surface area (Å²) in [5, 5.41) is 2.83.